The number of fused-ring (bicyclic) bond motifs is 1. The lowest BCUT2D eigenvalue weighted by Crippen LogP contribution is -2.27. The van der Waals surface area contributed by atoms with E-state index >= 15 is 0 Å². The van der Waals surface area contributed by atoms with Gasteiger partial charge in [-0.2, -0.15) is 5.10 Å². The van der Waals surface area contributed by atoms with E-state index in [-0.39, 0.29) is 12.1 Å². The van der Waals surface area contributed by atoms with Gasteiger partial charge >= 0.3 is 0 Å². The summed E-state index contributed by atoms with van der Waals surface area (Å²) >= 11 is 0. The molecule has 2 rings (SSSR count). The van der Waals surface area contributed by atoms with Crippen LogP contribution in [0, 0.1) is 0 Å². The molecule has 0 aromatic carbocycles. The molecule has 0 aliphatic rings. The maximum Gasteiger partial charge on any atom is 0.0710 e. The van der Waals surface area contributed by atoms with Gasteiger partial charge in [-0.3, -0.25) is 0 Å². The average molecular weight is 261 g/mol. The minimum absolute atomic E-state index is 0.197. The van der Waals surface area contributed by atoms with E-state index in [4.69, 9.17) is 4.74 Å². The Bertz CT molecular complexity index is 507. The second-order valence-electron chi connectivity index (χ2n) is 5.02. The Morgan fingerprint density at radius 1 is 1.37 bits per heavy atom. The van der Waals surface area contributed by atoms with Crippen LogP contribution in [0.25, 0.3) is 5.52 Å². The molecule has 2 heterocycles. The van der Waals surface area contributed by atoms with E-state index in [1.807, 2.05) is 29.0 Å². The Hall–Kier alpha value is -1.39. The first kappa shape index (κ1) is 14.0. The summed E-state index contributed by atoms with van der Waals surface area (Å²) in [7, 11) is 0. The van der Waals surface area contributed by atoms with Crippen LogP contribution in [0.3, 0.4) is 0 Å². The van der Waals surface area contributed by atoms with Gasteiger partial charge in [0.2, 0.25) is 0 Å². The molecule has 1 N–H and O–H groups in total. The molecular formula is C15H23N3O. The second kappa shape index (κ2) is 6.68. The van der Waals surface area contributed by atoms with Crippen LogP contribution in [-0.4, -0.2) is 28.9 Å². The van der Waals surface area contributed by atoms with Crippen molar-refractivity contribution in [3.63, 3.8) is 0 Å². The Balaban J connectivity index is 2.20. The highest BCUT2D eigenvalue weighted by Crippen LogP contribution is 2.19. The van der Waals surface area contributed by atoms with Gasteiger partial charge in [0.05, 0.1) is 30.5 Å². The zero-order chi connectivity index (χ0) is 13.7. The molecule has 0 saturated heterocycles. The Kier molecular flexibility index (Phi) is 4.93. The molecule has 2 aromatic heterocycles. The van der Waals surface area contributed by atoms with Crippen LogP contribution >= 0.6 is 0 Å². The Morgan fingerprint density at radius 3 is 2.95 bits per heavy atom. The summed E-state index contributed by atoms with van der Waals surface area (Å²) < 4.78 is 7.68. The van der Waals surface area contributed by atoms with Crippen molar-refractivity contribution in [2.45, 2.75) is 39.3 Å². The summed E-state index contributed by atoms with van der Waals surface area (Å²) in [6.07, 6.45) is 5.26. The van der Waals surface area contributed by atoms with Crippen LogP contribution in [0.15, 0.2) is 30.6 Å². The number of pyridine rings is 1. The molecule has 1 atom stereocenters. The van der Waals surface area contributed by atoms with E-state index in [1.54, 1.807) is 0 Å². The third-order valence-corrected chi connectivity index (χ3v) is 3.07. The number of nitrogens with one attached hydrogen (secondary N) is 1. The Morgan fingerprint density at radius 2 is 2.21 bits per heavy atom. The van der Waals surface area contributed by atoms with Crippen molar-refractivity contribution in [2.24, 2.45) is 0 Å². The topological polar surface area (TPSA) is 38.6 Å². The zero-order valence-electron chi connectivity index (χ0n) is 12.0. The van der Waals surface area contributed by atoms with Gasteiger partial charge in [0.1, 0.15) is 0 Å². The van der Waals surface area contributed by atoms with Gasteiger partial charge < -0.3 is 10.1 Å². The minimum atomic E-state index is 0.197. The molecule has 0 radical (unpaired) electrons. The standard InChI is InChI=1S/C15H23N3O/c1-4-8-16-14(11-19-12(2)3)13-10-17-18-9-6-5-7-15(13)18/h5-7,9-10,12,14,16H,4,8,11H2,1-3H3. The van der Waals surface area contributed by atoms with Crippen molar-refractivity contribution in [2.75, 3.05) is 13.2 Å². The quantitative estimate of drug-likeness (QED) is 0.833. The van der Waals surface area contributed by atoms with Gasteiger partial charge in [-0.25, -0.2) is 4.52 Å². The van der Waals surface area contributed by atoms with Crippen LogP contribution in [-0.2, 0) is 4.74 Å². The molecule has 0 saturated carbocycles. The second-order valence-corrected chi connectivity index (χ2v) is 5.02. The van der Waals surface area contributed by atoms with Crippen molar-refractivity contribution in [3.05, 3.63) is 36.2 Å². The maximum absolute atomic E-state index is 5.77. The number of hydrogen-bond donors (Lipinski definition) is 1. The lowest BCUT2D eigenvalue weighted by Gasteiger charge is -2.19. The SMILES string of the molecule is CCCNC(COC(C)C)c1cnn2ccccc12. The first-order valence-electron chi connectivity index (χ1n) is 6.99. The normalized spacial score (nSPS) is 13.3. The van der Waals surface area contributed by atoms with Crippen molar-refractivity contribution in [3.8, 4) is 0 Å². The van der Waals surface area contributed by atoms with Crippen LogP contribution < -0.4 is 5.32 Å². The van der Waals surface area contributed by atoms with E-state index < -0.39 is 0 Å². The van der Waals surface area contributed by atoms with Crippen LogP contribution in [0.5, 0.6) is 0 Å². The number of ether oxygens (including phenoxy) is 1. The van der Waals surface area contributed by atoms with Crippen molar-refractivity contribution < 1.29 is 4.74 Å². The molecule has 4 heteroatoms. The van der Waals surface area contributed by atoms with Gasteiger partial charge in [0.25, 0.3) is 0 Å². The van der Waals surface area contributed by atoms with E-state index in [2.05, 4.69) is 37.3 Å². The fourth-order valence-electron chi connectivity index (χ4n) is 2.09. The molecule has 0 fully saturated rings. The summed E-state index contributed by atoms with van der Waals surface area (Å²) in [5, 5.41) is 7.94. The number of nitrogens with zero attached hydrogens (tertiary/aromatic N) is 2. The van der Waals surface area contributed by atoms with Crippen LogP contribution in [0.4, 0.5) is 0 Å². The van der Waals surface area contributed by atoms with Gasteiger partial charge in [0, 0.05) is 11.8 Å². The van der Waals surface area contributed by atoms with Crippen molar-refractivity contribution >= 4 is 5.52 Å². The molecule has 104 valence electrons. The van der Waals surface area contributed by atoms with Gasteiger partial charge in [0.15, 0.2) is 0 Å². The fourth-order valence-corrected chi connectivity index (χ4v) is 2.09. The first-order chi connectivity index (χ1) is 9.22. The molecule has 0 aliphatic carbocycles. The third-order valence-electron chi connectivity index (χ3n) is 3.07. The minimum Gasteiger partial charge on any atom is -0.377 e. The van der Waals surface area contributed by atoms with E-state index in [9.17, 15) is 0 Å². The van der Waals surface area contributed by atoms with Crippen LogP contribution in [0.2, 0.25) is 0 Å². The number of rotatable bonds is 7. The molecule has 0 spiro atoms. The molecule has 1 unspecified atom stereocenters. The summed E-state index contributed by atoms with van der Waals surface area (Å²) in [5.41, 5.74) is 2.35. The molecule has 19 heavy (non-hydrogen) atoms. The summed E-state index contributed by atoms with van der Waals surface area (Å²) in [6.45, 7) is 7.95. The zero-order valence-corrected chi connectivity index (χ0v) is 12.0. The molecule has 0 bridgehead atoms. The van der Waals surface area contributed by atoms with Gasteiger partial charge in [-0.05, 0) is 38.9 Å². The number of hydrogen-bond acceptors (Lipinski definition) is 3. The largest absolute Gasteiger partial charge is 0.377 e. The highest BCUT2D eigenvalue weighted by Gasteiger charge is 2.16. The summed E-state index contributed by atoms with van der Waals surface area (Å²) in [6, 6.07) is 6.32. The lowest BCUT2D eigenvalue weighted by molar-refractivity contribution is 0.0614. The predicted molar refractivity (Wildman–Crippen MR) is 77.3 cm³/mol. The van der Waals surface area contributed by atoms with Crippen molar-refractivity contribution in [1.29, 1.82) is 0 Å². The van der Waals surface area contributed by atoms with E-state index in [0.717, 1.165) is 18.5 Å². The molecule has 0 aliphatic heterocycles. The highest BCUT2D eigenvalue weighted by atomic mass is 16.5. The molecule has 0 amide bonds. The smallest absolute Gasteiger partial charge is 0.0710 e. The van der Waals surface area contributed by atoms with E-state index in [1.165, 1.54) is 5.56 Å². The first-order valence-corrected chi connectivity index (χ1v) is 6.99. The van der Waals surface area contributed by atoms with Gasteiger partial charge in [-0.15, -0.1) is 0 Å². The molecule has 4 nitrogen and oxygen atoms in total. The monoisotopic (exact) mass is 261 g/mol. The average Bonchev–Trinajstić information content (AvgIpc) is 2.83. The number of aromatic nitrogens is 2. The molecular weight excluding hydrogens is 238 g/mol. The van der Waals surface area contributed by atoms with Crippen molar-refractivity contribution in [1.82, 2.24) is 14.9 Å². The van der Waals surface area contributed by atoms with Crippen LogP contribution in [0.1, 0.15) is 38.8 Å². The fraction of sp³-hybridized carbons (Fsp3) is 0.533. The summed E-state index contributed by atoms with van der Waals surface area (Å²) in [5.74, 6) is 0. The highest BCUT2D eigenvalue weighted by molar-refractivity contribution is 5.54. The Labute approximate surface area is 114 Å². The summed E-state index contributed by atoms with van der Waals surface area (Å²) in [4.78, 5) is 0. The maximum atomic E-state index is 5.77. The molecule has 2 aromatic rings. The van der Waals surface area contributed by atoms with E-state index in [0.29, 0.717) is 6.61 Å². The predicted octanol–water partition coefficient (Wildman–Crippen LogP) is 2.80. The lowest BCUT2D eigenvalue weighted by atomic mass is 10.1. The van der Waals surface area contributed by atoms with Gasteiger partial charge in [-0.1, -0.05) is 13.0 Å². The third kappa shape index (κ3) is 3.55.